The number of unbranched alkanes of at least 4 members (excludes halogenated alkanes) is 4. The molecule has 0 amide bonds. The van der Waals surface area contributed by atoms with Crippen LogP contribution in [0.15, 0.2) is 24.3 Å². The maximum absolute atomic E-state index is 12.0. The van der Waals surface area contributed by atoms with Gasteiger partial charge in [-0.2, -0.15) is 0 Å². The van der Waals surface area contributed by atoms with Gasteiger partial charge in [-0.25, -0.2) is 9.13 Å². The van der Waals surface area contributed by atoms with E-state index < -0.39 is 15.6 Å². The molecule has 4 N–H and O–H groups in total. The zero-order chi connectivity index (χ0) is 29.1. The van der Waals surface area contributed by atoms with Crippen LogP contribution >= 0.6 is 15.6 Å². The maximum atomic E-state index is 12.0. The van der Waals surface area contributed by atoms with Crippen LogP contribution in [0.4, 0.5) is 0 Å². The van der Waals surface area contributed by atoms with Gasteiger partial charge in [0.1, 0.15) is 11.5 Å². The monoisotopic (exact) mass is 608 g/mol. The van der Waals surface area contributed by atoms with E-state index in [2.05, 4.69) is 27.7 Å². The van der Waals surface area contributed by atoms with Crippen molar-refractivity contribution in [1.29, 1.82) is 0 Å². The van der Waals surface area contributed by atoms with Gasteiger partial charge in [-0.1, -0.05) is 77.6 Å². The molecule has 0 aromatic heterocycles. The Bertz CT molecular complexity index is 1080. The van der Waals surface area contributed by atoms with Crippen molar-refractivity contribution in [2.45, 2.75) is 111 Å². The molecule has 0 unspecified atom stereocenters. The molecule has 8 nitrogen and oxygen atoms in total. The van der Waals surface area contributed by atoms with E-state index in [0.717, 1.165) is 86.5 Å². The summed E-state index contributed by atoms with van der Waals surface area (Å²) in [5, 5.41) is 0. The van der Waals surface area contributed by atoms with E-state index >= 15 is 0 Å². The topological polar surface area (TPSA) is 134 Å². The fourth-order valence-corrected chi connectivity index (χ4v) is 5.69. The Morgan fingerprint density at radius 1 is 0.575 bits per heavy atom. The zero-order valence-corrected chi connectivity index (χ0v) is 28.6. The van der Waals surface area contributed by atoms with Crippen LogP contribution in [0.5, 0.6) is 11.5 Å². The normalized spacial score (nSPS) is 11.8. The van der Waals surface area contributed by atoms with Crippen molar-refractivity contribution < 1.29 is 68.7 Å². The minimum Gasteiger partial charge on any atom is -1.00 e. The van der Waals surface area contributed by atoms with E-state index in [0.29, 0.717) is 24.0 Å². The number of phosphoric acid groups is 2. The molecule has 0 fully saturated rings. The van der Waals surface area contributed by atoms with Gasteiger partial charge >= 0.3 is 45.2 Å². The predicted molar refractivity (Wildman–Crippen MR) is 157 cm³/mol. The van der Waals surface area contributed by atoms with Crippen LogP contribution in [-0.4, -0.2) is 19.6 Å². The standard InChI is InChI=1S/C29H46O8P2.Na.H/c1-5-9-13-22-17-24(15-11-7-3)28(36-38(30,31)32)26(19-22)21-27-20-23(14-10-6-2)18-25(16-12-8-4)29(27)37-39(33,34)35;;/h17-20H,5-16,21H2,1-4H3,(H2,30,31,32)(H2,33,34,35);;/q;+1;-1. The van der Waals surface area contributed by atoms with Crippen LogP contribution in [0.25, 0.3) is 0 Å². The van der Waals surface area contributed by atoms with Crippen molar-refractivity contribution in [3.05, 3.63) is 57.6 Å². The molecular formula is C29H47NaO8P2. The molecule has 0 spiro atoms. The summed E-state index contributed by atoms with van der Waals surface area (Å²) in [7, 11) is -9.73. The van der Waals surface area contributed by atoms with Crippen molar-refractivity contribution in [3.8, 4) is 11.5 Å². The van der Waals surface area contributed by atoms with Crippen molar-refractivity contribution in [3.63, 3.8) is 0 Å². The molecule has 0 bridgehead atoms. The minimum absolute atomic E-state index is 0. The zero-order valence-electron chi connectivity index (χ0n) is 25.8. The number of rotatable bonds is 18. The Morgan fingerprint density at radius 3 is 1.18 bits per heavy atom. The van der Waals surface area contributed by atoms with Crippen LogP contribution in [0.3, 0.4) is 0 Å². The molecule has 0 aliphatic heterocycles. The average molecular weight is 609 g/mol. The Hall–Kier alpha value is -0.660. The van der Waals surface area contributed by atoms with Gasteiger partial charge in [0.05, 0.1) is 0 Å². The SMILES string of the molecule is CCCCc1cc(CCCC)c(OP(=O)(O)O)c(Cc2cc(CCCC)cc(CCCC)c2OP(=O)(O)O)c1.[H-].[Na+]. The summed E-state index contributed by atoms with van der Waals surface area (Å²) in [5.41, 5.74) is 4.69. The van der Waals surface area contributed by atoms with Crippen LogP contribution in [0.1, 0.15) is 114 Å². The number of phosphoric ester groups is 2. The third-order valence-electron chi connectivity index (χ3n) is 6.64. The van der Waals surface area contributed by atoms with Gasteiger partial charge in [-0.3, -0.25) is 19.6 Å². The average Bonchev–Trinajstić information content (AvgIpc) is 2.85. The largest absolute Gasteiger partial charge is 1.00 e. The molecule has 0 radical (unpaired) electrons. The van der Waals surface area contributed by atoms with Gasteiger partial charge in [0, 0.05) is 6.42 Å². The minimum atomic E-state index is -4.86. The van der Waals surface area contributed by atoms with Gasteiger partial charge in [0.2, 0.25) is 0 Å². The summed E-state index contributed by atoms with van der Waals surface area (Å²) in [5.74, 6) is 0.293. The molecule has 0 heterocycles. The molecule has 2 aromatic carbocycles. The molecule has 0 saturated carbocycles. The second kappa shape index (κ2) is 18.1. The fourth-order valence-electron chi connectivity index (χ4n) is 4.75. The smallest absolute Gasteiger partial charge is 1.00 e. The second-order valence-corrected chi connectivity index (χ2v) is 12.6. The molecule has 2 aromatic rings. The van der Waals surface area contributed by atoms with E-state index in [1.165, 1.54) is 0 Å². The van der Waals surface area contributed by atoms with Gasteiger partial charge in [-0.05, 0) is 84.7 Å². The van der Waals surface area contributed by atoms with Gasteiger partial charge < -0.3 is 10.5 Å². The Labute approximate surface area is 263 Å². The van der Waals surface area contributed by atoms with Crippen LogP contribution < -0.4 is 38.6 Å². The van der Waals surface area contributed by atoms with E-state index in [9.17, 15) is 28.7 Å². The first-order chi connectivity index (χ1) is 18.4. The van der Waals surface area contributed by atoms with Gasteiger partial charge in [0.25, 0.3) is 0 Å². The summed E-state index contributed by atoms with van der Waals surface area (Å²) in [6.07, 6.45) is 10.4. The summed E-state index contributed by atoms with van der Waals surface area (Å²) >= 11 is 0. The second-order valence-electron chi connectivity index (χ2n) is 10.2. The van der Waals surface area contributed by atoms with Gasteiger partial charge in [-0.15, -0.1) is 0 Å². The Balaban J connectivity index is 0.00000800. The Morgan fingerprint density at radius 2 is 0.875 bits per heavy atom. The molecule has 2 rings (SSSR count). The molecular weight excluding hydrogens is 561 g/mol. The quantitative estimate of drug-likeness (QED) is 0.141. The van der Waals surface area contributed by atoms with Crippen molar-refractivity contribution in [1.82, 2.24) is 0 Å². The molecule has 11 heteroatoms. The van der Waals surface area contributed by atoms with Crippen molar-refractivity contribution in [2.24, 2.45) is 0 Å². The van der Waals surface area contributed by atoms with Gasteiger partial charge in [0.15, 0.2) is 0 Å². The molecule has 40 heavy (non-hydrogen) atoms. The molecule has 0 saturated heterocycles. The Kier molecular flexibility index (Phi) is 16.9. The first-order valence-corrected chi connectivity index (χ1v) is 17.3. The molecule has 0 aliphatic carbocycles. The predicted octanol–water partition coefficient (Wildman–Crippen LogP) is 4.71. The van der Waals surface area contributed by atoms with Crippen LogP contribution in [0.2, 0.25) is 0 Å². The fraction of sp³-hybridized carbons (Fsp3) is 0.586. The van der Waals surface area contributed by atoms with Crippen molar-refractivity contribution >= 4 is 15.6 Å². The summed E-state index contributed by atoms with van der Waals surface area (Å²) in [6, 6.07) is 7.75. The van der Waals surface area contributed by atoms with Crippen molar-refractivity contribution in [2.75, 3.05) is 0 Å². The number of hydrogen-bond acceptors (Lipinski definition) is 4. The number of benzene rings is 2. The van der Waals surface area contributed by atoms with E-state index in [1.807, 2.05) is 24.3 Å². The summed E-state index contributed by atoms with van der Waals surface area (Å²) < 4.78 is 34.7. The third-order valence-corrected chi connectivity index (χ3v) is 7.48. The van der Waals surface area contributed by atoms with Crippen LogP contribution in [0, 0.1) is 0 Å². The number of aryl methyl sites for hydroxylation is 4. The van der Waals surface area contributed by atoms with Crippen LogP contribution in [-0.2, 0) is 41.2 Å². The first kappa shape index (κ1) is 37.4. The molecule has 222 valence electrons. The summed E-state index contributed by atoms with van der Waals surface area (Å²) in [4.78, 5) is 39.1. The maximum Gasteiger partial charge on any atom is 1.00 e. The number of hydrogen-bond donors (Lipinski definition) is 4. The van der Waals surface area contributed by atoms with E-state index in [-0.39, 0.29) is 48.9 Å². The van der Waals surface area contributed by atoms with E-state index in [4.69, 9.17) is 9.05 Å². The first-order valence-electron chi connectivity index (χ1n) is 14.2. The summed E-state index contributed by atoms with van der Waals surface area (Å²) in [6.45, 7) is 8.32. The molecule has 0 atom stereocenters. The molecule has 0 aliphatic rings. The third kappa shape index (κ3) is 13.1. The van der Waals surface area contributed by atoms with E-state index in [1.54, 1.807) is 0 Å².